The van der Waals surface area contributed by atoms with Crippen LogP contribution in [0.2, 0.25) is 0 Å². The summed E-state index contributed by atoms with van der Waals surface area (Å²) in [5.41, 5.74) is 14.9. The lowest BCUT2D eigenvalue weighted by Crippen LogP contribution is -1.93. The van der Waals surface area contributed by atoms with Crippen LogP contribution in [0.25, 0.3) is 77.8 Å². The molecule has 0 amide bonds. The average Bonchev–Trinajstić information content (AvgIpc) is 3.15. The van der Waals surface area contributed by atoms with E-state index in [0.29, 0.717) is 0 Å². The topological polar surface area (TPSA) is 12.9 Å². The van der Waals surface area contributed by atoms with E-state index >= 15 is 0 Å². The van der Waals surface area contributed by atoms with Crippen molar-refractivity contribution in [2.45, 2.75) is 6.92 Å². The van der Waals surface area contributed by atoms with Gasteiger partial charge in [0.05, 0.1) is 11.4 Å². The lowest BCUT2D eigenvalue weighted by molar-refractivity contribution is 1.31. The minimum absolute atomic E-state index is 0.954. The van der Waals surface area contributed by atoms with Gasteiger partial charge in [-0.15, -0.1) is 0 Å². The molecule has 0 unspecified atom stereocenters. The Kier molecular flexibility index (Phi) is 7.49. The highest BCUT2D eigenvalue weighted by molar-refractivity contribution is 5.97. The number of pyridine rings is 1. The van der Waals surface area contributed by atoms with Gasteiger partial charge in [-0.05, 0) is 98.1 Å². The second-order valence-corrected chi connectivity index (χ2v) is 12.1. The Balaban J connectivity index is 1.28. The second kappa shape index (κ2) is 12.4. The van der Waals surface area contributed by atoms with Crippen LogP contribution in [0, 0.1) is 6.92 Å². The van der Waals surface area contributed by atoms with Crippen LogP contribution in [-0.2, 0) is 0 Å². The number of hydrogen-bond donors (Lipinski definition) is 0. The molecule has 7 aromatic carbocycles. The van der Waals surface area contributed by atoms with Gasteiger partial charge < -0.3 is 0 Å². The molecule has 0 spiro atoms. The van der Waals surface area contributed by atoms with Gasteiger partial charge in [-0.2, -0.15) is 0 Å². The molecule has 0 bridgehead atoms. The van der Waals surface area contributed by atoms with E-state index in [2.05, 4.69) is 189 Å². The molecule has 222 valence electrons. The molecule has 47 heavy (non-hydrogen) atoms. The van der Waals surface area contributed by atoms with Crippen molar-refractivity contribution < 1.29 is 0 Å². The molecule has 8 aromatic rings. The zero-order valence-electron chi connectivity index (χ0n) is 26.3. The standard InChI is InChI=1S/C46H33N/c1-32-26-41(44-21-11-17-37-16-8-9-20-43(37)44)29-42(27-32)46-31-40(36-24-22-35(23-25-36)33-12-4-2-5-13-33)30-45(47-46)39-19-10-18-38(28-39)34-14-6-3-7-15-34/h2-31H,1H3. The molecule has 0 aliphatic heterocycles. The first-order valence-corrected chi connectivity index (χ1v) is 16.1. The van der Waals surface area contributed by atoms with Gasteiger partial charge in [-0.3, -0.25) is 0 Å². The van der Waals surface area contributed by atoms with Gasteiger partial charge in [-0.1, -0.05) is 152 Å². The van der Waals surface area contributed by atoms with Gasteiger partial charge in [0.2, 0.25) is 0 Å². The predicted octanol–water partition coefficient (Wildman–Crippen LogP) is 12.5. The largest absolute Gasteiger partial charge is 0.248 e. The number of rotatable bonds is 6. The lowest BCUT2D eigenvalue weighted by atomic mass is 9.93. The summed E-state index contributed by atoms with van der Waals surface area (Å²) in [6.07, 6.45) is 0. The highest BCUT2D eigenvalue weighted by atomic mass is 14.7. The van der Waals surface area contributed by atoms with Crippen LogP contribution in [0.3, 0.4) is 0 Å². The van der Waals surface area contributed by atoms with Crippen LogP contribution in [0.15, 0.2) is 182 Å². The summed E-state index contributed by atoms with van der Waals surface area (Å²) in [6, 6.07) is 65.1. The molecule has 0 fully saturated rings. The van der Waals surface area contributed by atoms with E-state index in [0.717, 1.165) is 33.6 Å². The van der Waals surface area contributed by atoms with Gasteiger partial charge in [0.15, 0.2) is 0 Å². The number of fused-ring (bicyclic) bond motifs is 1. The van der Waals surface area contributed by atoms with Crippen LogP contribution in [-0.4, -0.2) is 4.98 Å². The Morgan fingerprint density at radius 2 is 0.809 bits per heavy atom. The summed E-state index contributed by atoms with van der Waals surface area (Å²) in [4.78, 5) is 5.34. The van der Waals surface area contributed by atoms with Gasteiger partial charge in [-0.25, -0.2) is 4.98 Å². The van der Waals surface area contributed by atoms with Crippen LogP contribution in [0.5, 0.6) is 0 Å². The predicted molar refractivity (Wildman–Crippen MR) is 199 cm³/mol. The Bertz CT molecular complexity index is 2330. The minimum Gasteiger partial charge on any atom is -0.248 e. The number of hydrogen-bond acceptors (Lipinski definition) is 1. The van der Waals surface area contributed by atoms with E-state index in [-0.39, 0.29) is 0 Å². The lowest BCUT2D eigenvalue weighted by Gasteiger charge is -2.14. The Morgan fingerprint density at radius 3 is 1.55 bits per heavy atom. The van der Waals surface area contributed by atoms with Crippen LogP contribution in [0.1, 0.15) is 5.56 Å². The summed E-state index contributed by atoms with van der Waals surface area (Å²) in [6.45, 7) is 2.18. The van der Waals surface area contributed by atoms with Crippen molar-refractivity contribution in [1.82, 2.24) is 4.98 Å². The number of nitrogens with zero attached hydrogens (tertiary/aromatic N) is 1. The number of aromatic nitrogens is 1. The second-order valence-electron chi connectivity index (χ2n) is 12.1. The third kappa shape index (κ3) is 5.88. The smallest absolute Gasteiger partial charge is 0.0716 e. The molecule has 0 aliphatic carbocycles. The van der Waals surface area contributed by atoms with E-state index in [4.69, 9.17) is 4.98 Å². The first-order chi connectivity index (χ1) is 23.2. The van der Waals surface area contributed by atoms with E-state index in [1.807, 2.05) is 0 Å². The summed E-state index contributed by atoms with van der Waals surface area (Å²) in [5, 5.41) is 2.50. The zero-order valence-corrected chi connectivity index (χ0v) is 26.3. The molecule has 1 nitrogen and oxygen atoms in total. The van der Waals surface area contributed by atoms with Crippen LogP contribution in [0.4, 0.5) is 0 Å². The maximum atomic E-state index is 5.34. The fourth-order valence-electron chi connectivity index (χ4n) is 6.53. The highest BCUT2D eigenvalue weighted by Gasteiger charge is 2.13. The zero-order chi connectivity index (χ0) is 31.6. The minimum atomic E-state index is 0.954. The normalized spacial score (nSPS) is 11.1. The molecule has 0 saturated carbocycles. The Hall–Kier alpha value is -6.05. The van der Waals surface area contributed by atoms with E-state index in [1.54, 1.807) is 0 Å². The Morgan fingerprint density at radius 1 is 0.319 bits per heavy atom. The molecule has 0 atom stereocenters. The molecular weight excluding hydrogens is 567 g/mol. The molecule has 0 aliphatic rings. The fraction of sp³-hybridized carbons (Fsp3) is 0.0217. The fourth-order valence-corrected chi connectivity index (χ4v) is 6.53. The monoisotopic (exact) mass is 599 g/mol. The molecule has 0 N–H and O–H groups in total. The maximum absolute atomic E-state index is 5.34. The first kappa shape index (κ1) is 28.4. The van der Waals surface area contributed by atoms with Gasteiger partial charge >= 0.3 is 0 Å². The maximum Gasteiger partial charge on any atom is 0.0716 e. The molecule has 0 saturated heterocycles. The SMILES string of the molecule is Cc1cc(-c2cc(-c3ccc(-c4ccccc4)cc3)cc(-c3cccc(-c4ccccc4)c3)n2)cc(-c2cccc3ccccc23)c1. The molecule has 1 heteroatoms. The van der Waals surface area contributed by atoms with Crippen molar-refractivity contribution in [1.29, 1.82) is 0 Å². The average molecular weight is 600 g/mol. The van der Waals surface area contributed by atoms with Crippen molar-refractivity contribution >= 4 is 10.8 Å². The highest BCUT2D eigenvalue weighted by Crippen LogP contribution is 2.36. The summed E-state index contributed by atoms with van der Waals surface area (Å²) < 4.78 is 0. The van der Waals surface area contributed by atoms with Gasteiger partial charge in [0, 0.05) is 11.1 Å². The van der Waals surface area contributed by atoms with Crippen molar-refractivity contribution in [3.05, 3.63) is 188 Å². The first-order valence-electron chi connectivity index (χ1n) is 16.1. The van der Waals surface area contributed by atoms with Gasteiger partial charge in [0.25, 0.3) is 0 Å². The Labute approximate surface area is 276 Å². The molecule has 1 aromatic heterocycles. The van der Waals surface area contributed by atoms with Crippen molar-refractivity contribution in [2.75, 3.05) is 0 Å². The quantitative estimate of drug-likeness (QED) is 0.185. The number of benzene rings is 7. The third-order valence-electron chi connectivity index (χ3n) is 8.89. The third-order valence-corrected chi connectivity index (χ3v) is 8.89. The van der Waals surface area contributed by atoms with Crippen molar-refractivity contribution in [3.63, 3.8) is 0 Å². The van der Waals surface area contributed by atoms with Crippen molar-refractivity contribution in [3.8, 4) is 67.0 Å². The summed E-state index contributed by atoms with van der Waals surface area (Å²) in [5.74, 6) is 0. The number of aryl methyl sites for hydroxylation is 1. The summed E-state index contributed by atoms with van der Waals surface area (Å²) in [7, 11) is 0. The molecule has 8 rings (SSSR count). The van der Waals surface area contributed by atoms with Crippen molar-refractivity contribution in [2.24, 2.45) is 0 Å². The summed E-state index contributed by atoms with van der Waals surface area (Å²) >= 11 is 0. The molecule has 0 radical (unpaired) electrons. The van der Waals surface area contributed by atoms with E-state index in [1.165, 1.54) is 49.7 Å². The van der Waals surface area contributed by atoms with E-state index in [9.17, 15) is 0 Å². The van der Waals surface area contributed by atoms with Crippen LogP contribution >= 0.6 is 0 Å². The van der Waals surface area contributed by atoms with E-state index < -0.39 is 0 Å². The van der Waals surface area contributed by atoms with Gasteiger partial charge in [0.1, 0.15) is 0 Å². The molecule has 1 heterocycles. The molecular formula is C46H33N. The van der Waals surface area contributed by atoms with Crippen LogP contribution < -0.4 is 0 Å².